The second kappa shape index (κ2) is 6.90. The average molecular weight is 258 g/mol. The molecule has 0 heterocycles. The minimum atomic E-state index is -2.85. The Labute approximate surface area is 104 Å². The molecule has 1 aromatic rings. The summed E-state index contributed by atoms with van der Waals surface area (Å²) in [5.74, 6) is -0.103. The third-order valence-electron chi connectivity index (χ3n) is 2.12. The van der Waals surface area contributed by atoms with Crippen LogP contribution in [0.1, 0.15) is 18.9 Å². The van der Waals surface area contributed by atoms with Crippen LogP contribution >= 0.6 is 0 Å². The summed E-state index contributed by atoms with van der Waals surface area (Å²) in [6, 6.07) is 5.98. The predicted molar refractivity (Wildman–Crippen MR) is 63.2 cm³/mol. The third kappa shape index (κ3) is 5.58. The fourth-order valence-corrected chi connectivity index (χ4v) is 1.40. The smallest absolute Gasteiger partial charge is 0.387 e. The number of amides is 1. The molecule has 6 heteroatoms. The van der Waals surface area contributed by atoms with E-state index in [1.165, 1.54) is 12.1 Å². The zero-order valence-electron chi connectivity index (χ0n) is 10.0. The topological polar surface area (TPSA) is 64.4 Å². The van der Waals surface area contributed by atoms with Crippen molar-refractivity contribution in [3.05, 3.63) is 29.8 Å². The lowest BCUT2D eigenvalue weighted by atomic mass is 10.2. The molecule has 1 rings (SSSR count). The first kappa shape index (κ1) is 14.4. The number of nitrogens with two attached hydrogens (primary N) is 1. The molecule has 0 saturated heterocycles. The molecule has 0 radical (unpaired) electrons. The Hall–Kier alpha value is -1.69. The van der Waals surface area contributed by atoms with Crippen LogP contribution in [-0.2, 0) is 11.3 Å². The van der Waals surface area contributed by atoms with Gasteiger partial charge >= 0.3 is 6.61 Å². The van der Waals surface area contributed by atoms with Gasteiger partial charge in [-0.3, -0.25) is 4.79 Å². The molecule has 1 aromatic carbocycles. The fourth-order valence-electron chi connectivity index (χ4n) is 1.40. The number of nitrogens with one attached hydrogen (secondary N) is 1. The van der Waals surface area contributed by atoms with E-state index in [1.54, 1.807) is 19.1 Å². The average Bonchev–Trinajstić information content (AvgIpc) is 2.25. The Morgan fingerprint density at radius 1 is 1.50 bits per heavy atom. The van der Waals surface area contributed by atoms with Gasteiger partial charge in [0.25, 0.3) is 0 Å². The lowest BCUT2D eigenvalue weighted by Crippen LogP contribution is -2.29. The van der Waals surface area contributed by atoms with Gasteiger partial charge in [-0.15, -0.1) is 0 Å². The quantitative estimate of drug-likeness (QED) is 0.815. The zero-order valence-corrected chi connectivity index (χ0v) is 10.0. The van der Waals surface area contributed by atoms with Crippen LogP contribution in [0.5, 0.6) is 5.75 Å². The van der Waals surface area contributed by atoms with Gasteiger partial charge in [-0.2, -0.15) is 8.78 Å². The molecule has 1 amide bonds. The largest absolute Gasteiger partial charge is 0.435 e. The van der Waals surface area contributed by atoms with Gasteiger partial charge < -0.3 is 15.8 Å². The van der Waals surface area contributed by atoms with Crippen molar-refractivity contribution in [1.29, 1.82) is 0 Å². The highest BCUT2D eigenvalue weighted by atomic mass is 19.3. The van der Waals surface area contributed by atoms with Gasteiger partial charge in [0.15, 0.2) is 0 Å². The molecule has 0 saturated carbocycles. The number of rotatable bonds is 6. The second-order valence-corrected chi connectivity index (χ2v) is 3.98. The maximum atomic E-state index is 12.0. The molecule has 18 heavy (non-hydrogen) atoms. The summed E-state index contributed by atoms with van der Waals surface area (Å²) in [6.07, 6.45) is 0.229. The normalized spacial score (nSPS) is 12.3. The van der Waals surface area contributed by atoms with Crippen LogP contribution in [0.15, 0.2) is 24.3 Å². The van der Waals surface area contributed by atoms with Crippen molar-refractivity contribution >= 4 is 5.91 Å². The van der Waals surface area contributed by atoms with Crippen LogP contribution in [-0.4, -0.2) is 18.6 Å². The summed E-state index contributed by atoms with van der Waals surface area (Å²) >= 11 is 0. The first-order valence-electron chi connectivity index (χ1n) is 5.53. The molecule has 4 nitrogen and oxygen atoms in total. The predicted octanol–water partition coefficient (Wildman–Crippen LogP) is 1.64. The van der Waals surface area contributed by atoms with E-state index < -0.39 is 6.61 Å². The van der Waals surface area contributed by atoms with Crippen molar-refractivity contribution in [1.82, 2.24) is 5.32 Å². The molecule has 1 unspecified atom stereocenters. The molecule has 0 aliphatic carbocycles. The highest BCUT2D eigenvalue weighted by Gasteiger charge is 2.06. The Kier molecular flexibility index (Phi) is 5.51. The molecule has 0 aliphatic heterocycles. The lowest BCUT2D eigenvalue weighted by Gasteiger charge is -2.09. The summed E-state index contributed by atoms with van der Waals surface area (Å²) in [5, 5.41) is 2.65. The highest BCUT2D eigenvalue weighted by molar-refractivity contribution is 5.76. The number of alkyl halides is 2. The standard InChI is InChI=1S/C12H16F2N2O2/c1-8(15)5-11(17)16-7-9-3-2-4-10(6-9)18-12(13)14/h2-4,6,8,12H,5,7,15H2,1H3,(H,16,17). The van der Waals surface area contributed by atoms with Crippen LogP contribution in [0.4, 0.5) is 8.78 Å². The molecule has 0 bridgehead atoms. The van der Waals surface area contributed by atoms with Gasteiger partial charge in [-0.1, -0.05) is 12.1 Å². The van der Waals surface area contributed by atoms with Gasteiger partial charge in [0, 0.05) is 19.0 Å². The number of carbonyl (C=O) groups is 1. The van der Waals surface area contributed by atoms with Crippen molar-refractivity contribution in [3.63, 3.8) is 0 Å². The molecule has 3 N–H and O–H groups in total. The van der Waals surface area contributed by atoms with E-state index in [-0.39, 0.29) is 30.7 Å². The molecule has 0 spiro atoms. The summed E-state index contributed by atoms with van der Waals surface area (Å²) in [5.41, 5.74) is 6.16. The second-order valence-electron chi connectivity index (χ2n) is 3.98. The Morgan fingerprint density at radius 3 is 2.83 bits per heavy atom. The first-order chi connectivity index (χ1) is 8.47. The van der Waals surface area contributed by atoms with E-state index in [9.17, 15) is 13.6 Å². The van der Waals surface area contributed by atoms with Gasteiger partial charge in [-0.25, -0.2) is 0 Å². The summed E-state index contributed by atoms with van der Waals surface area (Å²) in [4.78, 5) is 11.3. The SMILES string of the molecule is CC(N)CC(=O)NCc1cccc(OC(F)F)c1. The molecule has 100 valence electrons. The fraction of sp³-hybridized carbons (Fsp3) is 0.417. The van der Waals surface area contributed by atoms with E-state index >= 15 is 0 Å². The van der Waals surface area contributed by atoms with E-state index in [0.717, 1.165) is 0 Å². The number of halogens is 2. The van der Waals surface area contributed by atoms with Crippen molar-refractivity contribution in [2.24, 2.45) is 5.73 Å². The van der Waals surface area contributed by atoms with Crippen LogP contribution in [0, 0.1) is 0 Å². The molecular formula is C12H16F2N2O2. The van der Waals surface area contributed by atoms with Crippen molar-refractivity contribution < 1.29 is 18.3 Å². The summed E-state index contributed by atoms with van der Waals surface area (Å²) < 4.78 is 28.3. The van der Waals surface area contributed by atoms with Crippen LogP contribution in [0.2, 0.25) is 0 Å². The summed E-state index contributed by atoms with van der Waals surface area (Å²) in [7, 11) is 0. The van der Waals surface area contributed by atoms with Crippen molar-refractivity contribution in [2.75, 3.05) is 0 Å². The Morgan fingerprint density at radius 2 is 2.22 bits per heavy atom. The lowest BCUT2D eigenvalue weighted by molar-refractivity contribution is -0.121. The maximum Gasteiger partial charge on any atom is 0.387 e. The number of hydrogen-bond donors (Lipinski definition) is 2. The molecule has 0 fully saturated rings. The van der Waals surface area contributed by atoms with Gasteiger partial charge in [0.2, 0.25) is 5.91 Å². The van der Waals surface area contributed by atoms with Crippen LogP contribution in [0.3, 0.4) is 0 Å². The highest BCUT2D eigenvalue weighted by Crippen LogP contribution is 2.15. The Balaban J connectivity index is 2.49. The van der Waals surface area contributed by atoms with E-state index in [4.69, 9.17) is 5.73 Å². The number of carbonyl (C=O) groups excluding carboxylic acids is 1. The van der Waals surface area contributed by atoms with Gasteiger partial charge in [0.1, 0.15) is 5.75 Å². The van der Waals surface area contributed by atoms with E-state index in [1.807, 2.05) is 0 Å². The van der Waals surface area contributed by atoms with Crippen LogP contribution < -0.4 is 15.8 Å². The third-order valence-corrected chi connectivity index (χ3v) is 2.12. The molecule has 0 aromatic heterocycles. The van der Waals surface area contributed by atoms with E-state index in [0.29, 0.717) is 5.56 Å². The number of hydrogen-bond acceptors (Lipinski definition) is 3. The molecule has 0 aliphatic rings. The Bertz CT molecular complexity index is 397. The monoisotopic (exact) mass is 258 g/mol. The van der Waals surface area contributed by atoms with Crippen LogP contribution in [0.25, 0.3) is 0 Å². The van der Waals surface area contributed by atoms with Gasteiger partial charge in [0.05, 0.1) is 0 Å². The number of benzene rings is 1. The minimum absolute atomic E-state index is 0.0731. The summed E-state index contributed by atoms with van der Waals surface area (Å²) in [6.45, 7) is -0.865. The van der Waals surface area contributed by atoms with Crippen molar-refractivity contribution in [2.45, 2.75) is 32.5 Å². The molecule has 1 atom stereocenters. The molecular weight excluding hydrogens is 242 g/mol. The van der Waals surface area contributed by atoms with E-state index in [2.05, 4.69) is 10.1 Å². The zero-order chi connectivity index (χ0) is 13.5. The van der Waals surface area contributed by atoms with Crippen molar-refractivity contribution in [3.8, 4) is 5.75 Å². The first-order valence-corrected chi connectivity index (χ1v) is 5.53. The van der Waals surface area contributed by atoms with Gasteiger partial charge in [-0.05, 0) is 24.6 Å². The number of ether oxygens (including phenoxy) is 1. The minimum Gasteiger partial charge on any atom is -0.435 e. The maximum absolute atomic E-state index is 12.0.